The molecule has 0 saturated carbocycles. The lowest BCUT2D eigenvalue weighted by molar-refractivity contribution is 0.194. The van der Waals surface area contributed by atoms with Crippen molar-refractivity contribution in [3.05, 3.63) is 29.8 Å². The molecule has 18 heavy (non-hydrogen) atoms. The van der Waals surface area contributed by atoms with Gasteiger partial charge in [0.15, 0.2) is 21.5 Å². The Bertz CT molecular complexity index is 505. The minimum Gasteiger partial charge on any atom is -0.391 e. The van der Waals surface area contributed by atoms with Crippen molar-refractivity contribution >= 4 is 9.84 Å². The lowest BCUT2D eigenvalue weighted by Gasteiger charge is -2.11. The predicted molar refractivity (Wildman–Crippen MR) is 63.0 cm³/mol. The second-order valence-electron chi connectivity index (χ2n) is 3.82. The molecule has 1 unspecified atom stereocenters. The van der Waals surface area contributed by atoms with Crippen LogP contribution in [0.5, 0.6) is 0 Å². The number of halogens is 2. The maximum atomic E-state index is 12.9. The molecule has 1 rings (SSSR count). The van der Waals surface area contributed by atoms with Crippen LogP contribution in [0, 0.1) is 11.6 Å². The first kappa shape index (κ1) is 15.0. The number of hydrogen-bond donors (Lipinski definition) is 2. The van der Waals surface area contributed by atoms with Crippen molar-refractivity contribution in [1.82, 2.24) is 5.32 Å². The van der Waals surface area contributed by atoms with Gasteiger partial charge in [0.05, 0.1) is 16.8 Å². The number of sulfone groups is 1. The zero-order chi connectivity index (χ0) is 13.8. The summed E-state index contributed by atoms with van der Waals surface area (Å²) in [4.78, 5) is -0.336. The Morgan fingerprint density at radius 3 is 2.56 bits per heavy atom. The number of rotatable bonds is 6. The van der Waals surface area contributed by atoms with Gasteiger partial charge in [0, 0.05) is 6.54 Å². The molecule has 7 heteroatoms. The van der Waals surface area contributed by atoms with E-state index in [-0.39, 0.29) is 11.4 Å². The fraction of sp³-hybridized carbons (Fsp3) is 0.455. The van der Waals surface area contributed by atoms with Gasteiger partial charge in [-0.1, -0.05) is 6.92 Å². The van der Waals surface area contributed by atoms with Gasteiger partial charge in [0.2, 0.25) is 0 Å². The van der Waals surface area contributed by atoms with Gasteiger partial charge >= 0.3 is 0 Å². The molecular weight excluding hydrogens is 264 g/mol. The second kappa shape index (κ2) is 6.21. The van der Waals surface area contributed by atoms with Crippen LogP contribution in [0.15, 0.2) is 23.1 Å². The minimum atomic E-state index is -3.83. The van der Waals surface area contributed by atoms with Crippen LogP contribution in [0.2, 0.25) is 0 Å². The minimum absolute atomic E-state index is 0.124. The molecule has 0 spiro atoms. The Kier molecular flexibility index (Phi) is 5.18. The summed E-state index contributed by atoms with van der Waals surface area (Å²) in [5.74, 6) is -2.87. The summed E-state index contributed by atoms with van der Waals surface area (Å²) in [6.07, 6.45) is -1.09. The van der Waals surface area contributed by atoms with E-state index in [9.17, 15) is 22.3 Å². The molecule has 0 amide bonds. The van der Waals surface area contributed by atoms with E-state index < -0.39 is 33.3 Å². The largest absolute Gasteiger partial charge is 0.391 e. The van der Waals surface area contributed by atoms with Crippen molar-refractivity contribution in [2.24, 2.45) is 0 Å². The maximum Gasteiger partial charge on any atom is 0.181 e. The highest BCUT2D eigenvalue weighted by Gasteiger charge is 2.20. The second-order valence-corrected chi connectivity index (χ2v) is 5.85. The first-order chi connectivity index (χ1) is 8.36. The lowest BCUT2D eigenvalue weighted by Crippen LogP contribution is -2.32. The van der Waals surface area contributed by atoms with E-state index in [0.717, 1.165) is 12.1 Å². The van der Waals surface area contributed by atoms with Crippen molar-refractivity contribution in [1.29, 1.82) is 0 Å². The van der Waals surface area contributed by atoms with Gasteiger partial charge in [-0.3, -0.25) is 0 Å². The smallest absolute Gasteiger partial charge is 0.181 e. The number of aliphatic hydroxyl groups excluding tert-OH is 1. The van der Waals surface area contributed by atoms with Crippen LogP contribution >= 0.6 is 0 Å². The van der Waals surface area contributed by atoms with Crippen molar-refractivity contribution in [2.75, 3.05) is 18.8 Å². The molecule has 1 atom stereocenters. The van der Waals surface area contributed by atoms with Crippen LogP contribution in [0.1, 0.15) is 6.92 Å². The fourth-order valence-corrected chi connectivity index (χ4v) is 2.76. The molecule has 2 N–H and O–H groups in total. The van der Waals surface area contributed by atoms with Crippen LogP contribution in [0.3, 0.4) is 0 Å². The van der Waals surface area contributed by atoms with Gasteiger partial charge < -0.3 is 10.4 Å². The van der Waals surface area contributed by atoms with Gasteiger partial charge in [0.1, 0.15) is 0 Å². The summed E-state index contributed by atoms with van der Waals surface area (Å²) in [5.41, 5.74) is 0. The standard InChI is InChI=1S/C11H15F2NO3S/c1-2-14-6-8(15)7-18(16,17)9-3-4-10(12)11(13)5-9/h3-5,8,14-15H,2,6-7H2,1H3. The summed E-state index contributed by atoms with van der Waals surface area (Å²) in [6, 6.07) is 2.34. The van der Waals surface area contributed by atoms with Gasteiger partial charge in [-0.25, -0.2) is 17.2 Å². The lowest BCUT2D eigenvalue weighted by atomic mass is 10.3. The maximum absolute atomic E-state index is 12.9. The summed E-state index contributed by atoms with van der Waals surface area (Å²) >= 11 is 0. The van der Waals surface area contributed by atoms with Gasteiger partial charge in [0.25, 0.3) is 0 Å². The Morgan fingerprint density at radius 2 is 2.00 bits per heavy atom. The predicted octanol–water partition coefficient (Wildman–Crippen LogP) is 0.709. The van der Waals surface area contributed by atoms with E-state index >= 15 is 0 Å². The van der Waals surface area contributed by atoms with E-state index in [1.165, 1.54) is 0 Å². The molecule has 0 aliphatic rings. The van der Waals surface area contributed by atoms with Crippen LogP contribution in [0.4, 0.5) is 8.78 Å². The Balaban J connectivity index is 2.83. The molecule has 0 radical (unpaired) electrons. The third-order valence-electron chi connectivity index (χ3n) is 2.29. The molecule has 0 heterocycles. The summed E-state index contributed by atoms with van der Waals surface area (Å²) < 4.78 is 49.2. The monoisotopic (exact) mass is 279 g/mol. The average Bonchev–Trinajstić information content (AvgIpc) is 2.29. The molecule has 0 aliphatic carbocycles. The molecule has 4 nitrogen and oxygen atoms in total. The summed E-state index contributed by atoms with van der Waals surface area (Å²) in [5, 5.41) is 12.3. The van der Waals surface area contributed by atoms with Gasteiger partial charge in [-0.05, 0) is 24.7 Å². The molecular formula is C11H15F2NO3S. The van der Waals surface area contributed by atoms with Gasteiger partial charge in [-0.15, -0.1) is 0 Å². The summed E-state index contributed by atoms with van der Waals surface area (Å²) in [7, 11) is -3.83. The molecule has 0 bridgehead atoms. The molecule has 0 aliphatic heterocycles. The Labute approximate surface area is 105 Å². The highest BCUT2D eigenvalue weighted by atomic mass is 32.2. The Hall–Kier alpha value is -1.05. The number of benzene rings is 1. The van der Waals surface area contributed by atoms with E-state index in [2.05, 4.69) is 5.32 Å². The quantitative estimate of drug-likeness (QED) is 0.753. The van der Waals surface area contributed by atoms with Crippen molar-refractivity contribution in [2.45, 2.75) is 17.9 Å². The highest BCUT2D eigenvalue weighted by Crippen LogP contribution is 2.15. The molecule has 0 saturated heterocycles. The van der Waals surface area contributed by atoms with Crippen molar-refractivity contribution in [3.63, 3.8) is 0 Å². The molecule has 1 aromatic rings. The zero-order valence-corrected chi connectivity index (χ0v) is 10.7. The molecule has 1 aromatic carbocycles. The van der Waals surface area contributed by atoms with Gasteiger partial charge in [-0.2, -0.15) is 0 Å². The van der Waals surface area contributed by atoms with Crippen LogP contribution in [-0.4, -0.2) is 38.5 Å². The number of hydrogen-bond acceptors (Lipinski definition) is 4. The van der Waals surface area contributed by atoms with Crippen molar-refractivity contribution < 1.29 is 22.3 Å². The molecule has 102 valence electrons. The first-order valence-electron chi connectivity index (χ1n) is 5.43. The van der Waals surface area contributed by atoms with Crippen molar-refractivity contribution in [3.8, 4) is 0 Å². The SMILES string of the molecule is CCNCC(O)CS(=O)(=O)c1ccc(F)c(F)c1. The topological polar surface area (TPSA) is 66.4 Å². The molecule has 0 aromatic heterocycles. The van der Waals surface area contributed by atoms with Crippen LogP contribution in [0.25, 0.3) is 0 Å². The van der Waals surface area contributed by atoms with E-state index in [1.54, 1.807) is 0 Å². The Morgan fingerprint density at radius 1 is 1.33 bits per heavy atom. The third kappa shape index (κ3) is 4.01. The number of likely N-dealkylation sites (N-methyl/N-ethyl adjacent to an activating group) is 1. The van der Waals surface area contributed by atoms with E-state index in [1.807, 2.05) is 6.92 Å². The van der Waals surface area contributed by atoms with E-state index in [0.29, 0.717) is 12.6 Å². The first-order valence-corrected chi connectivity index (χ1v) is 7.08. The van der Waals surface area contributed by atoms with Crippen LogP contribution in [-0.2, 0) is 9.84 Å². The number of nitrogens with one attached hydrogen (secondary N) is 1. The van der Waals surface area contributed by atoms with Crippen LogP contribution < -0.4 is 5.32 Å². The summed E-state index contributed by atoms with van der Waals surface area (Å²) in [6.45, 7) is 2.54. The fourth-order valence-electron chi connectivity index (χ4n) is 1.39. The average molecular weight is 279 g/mol. The van der Waals surface area contributed by atoms with E-state index in [4.69, 9.17) is 0 Å². The molecule has 0 fully saturated rings. The third-order valence-corrected chi connectivity index (χ3v) is 4.09. The zero-order valence-electron chi connectivity index (χ0n) is 9.86. The normalized spacial score (nSPS) is 13.6. The highest BCUT2D eigenvalue weighted by molar-refractivity contribution is 7.91. The number of aliphatic hydroxyl groups is 1.